The van der Waals surface area contributed by atoms with Crippen LogP contribution in [0.15, 0.2) is 82.0 Å². The van der Waals surface area contributed by atoms with Gasteiger partial charge in [0.25, 0.3) is 0 Å². The molecule has 4 heteroatoms. The van der Waals surface area contributed by atoms with Gasteiger partial charge in [0.05, 0.1) is 5.39 Å². The number of aryl methyl sites for hydroxylation is 1. The molecular weight excluding hydrogens is 350 g/mol. The maximum Gasteiger partial charge on any atom is 0.193 e. The van der Waals surface area contributed by atoms with E-state index in [0.717, 1.165) is 29.1 Å². The Balaban J connectivity index is 1.52. The van der Waals surface area contributed by atoms with E-state index in [4.69, 9.17) is 9.15 Å². The van der Waals surface area contributed by atoms with Crippen LogP contribution in [0.25, 0.3) is 22.3 Å². The van der Waals surface area contributed by atoms with Gasteiger partial charge in [-0.2, -0.15) is 0 Å². The molecule has 0 fully saturated rings. The highest BCUT2D eigenvalue weighted by atomic mass is 16.5. The van der Waals surface area contributed by atoms with Crippen molar-refractivity contribution in [1.82, 2.24) is 0 Å². The summed E-state index contributed by atoms with van der Waals surface area (Å²) in [5, 5.41) is 0.576. The summed E-state index contributed by atoms with van der Waals surface area (Å²) in [4.78, 5) is 14.9. The molecule has 138 valence electrons. The minimum absolute atomic E-state index is 0.0453. The zero-order valence-corrected chi connectivity index (χ0v) is 15.5. The van der Waals surface area contributed by atoms with E-state index in [1.54, 1.807) is 6.07 Å². The van der Waals surface area contributed by atoms with Gasteiger partial charge >= 0.3 is 0 Å². The van der Waals surface area contributed by atoms with Gasteiger partial charge in [-0.15, -0.1) is 0 Å². The number of ether oxygens (including phenoxy) is 1. The molecule has 4 aromatic rings. The Morgan fingerprint density at radius 1 is 0.929 bits per heavy atom. The van der Waals surface area contributed by atoms with Crippen molar-refractivity contribution in [2.75, 3.05) is 11.6 Å². The molecule has 0 bridgehead atoms. The van der Waals surface area contributed by atoms with Crippen molar-refractivity contribution < 1.29 is 9.15 Å². The van der Waals surface area contributed by atoms with Crippen LogP contribution in [0, 0.1) is 6.92 Å². The minimum atomic E-state index is -0.0453. The molecule has 0 saturated carbocycles. The molecule has 0 spiro atoms. The van der Waals surface area contributed by atoms with E-state index in [1.165, 1.54) is 5.56 Å². The van der Waals surface area contributed by atoms with Gasteiger partial charge in [0, 0.05) is 29.4 Å². The lowest BCUT2D eigenvalue weighted by atomic mass is 10.1. The van der Waals surface area contributed by atoms with E-state index < -0.39 is 0 Å². The molecule has 0 atom stereocenters. The molecule has 1 aromatic heterocycles. The topological polar surface area (TPSA) is 42.7 Å². The summed E-state index contributed by atoms with van der Waals surface area (Å²) < 4.78 is 11.9. The van der Waals surface area contributed by atoms with Gasteiger partial charge in [-0.25, -0.2) is 0 Å². The number of anilines is 1. The Morgan fingerprint density at radius 2 is 1.79 bits per heavy atom. The molecular formula is C24H19NO3. The first kappa shape index (κ1) is 16.6. The number of benzene rings is 3. The maximum absolute atomic E-state index is 12.7. The highest BCUT2D eigenvalue weighted by Crippen LogP contribution is 2.31. The molecule has 1 aliphatic rings. The van der Waals surface area contributed by atoms with E-state index in [2.05, 4.69) is 24.0 Å². The largest absolute Gasteiger partial charge is 0.473 e. The first-order chi connectivity index (χ1) is 13.7. The summed E-state index contributed by atoms with van der Waals surface area (Å²) >= 11 is 0. The Hall–Kier alpha value is -3.53. The lowest BCUT2D eigenvalue weighted by Gasteiger charge is -2.31. The summed E-state index contributed by atoms with van der Waals surface area (Å²) in [5.41, 5.74) is 4.73. The smallest absolute Gasteiger partial charge is 0.193 e. The summed E-state index contributed by atoms with van der Waals surface area (Å²) in [6.07, 6.45) is 0. The maximum atomic E-state index is 12.7. The number of nitrogens with zero attached hydrogens (tertiary/aromatic N) is 1. The zero-order valence-electron chi connectivity index (χ0n) is 15.5. The van der Waals surface area contributed by atoms with Crippen LogP contribution in [0.1, 0.15) is 11.1 Å². The van der Waals surface area contributed by atoms with Crippen LogP contribution in [-0.4, -0.2) is 6.73 Å². The van der Waals surface area contributed by atoms with Gasteiger partial charge in [0.1, 0.15) is 17.1 Å². The van der Waals surface area contributed by atoms with Gasteiger partial charge < -0.3 is 14.1 Å². The van der Waals surface area contributed by atoms with Crippen LogP contribution >= 0.6 is 0 Å². The normalized spacial score (nSPS) is 13.2. The van der Waals surface area contributed by atoms with E-state index in [-0.39, 0.29) is 5.43 Å². The first-order valence-corrected chi connectivity index (χ1v) is 9.28. The summed E-state index contributed by atoms with van der Waals surface area (Å²) in [5.74, 6) is 1.51. The Bertz CT molecular complexity index is 1230. The molecule has 0 saturated heterocycles. The van der Waals surface area contributed by atoms with Crippen molar-refractivity contribution in [3.05, 3.63) is 94.1 Å². The van der Waals surface area contributed by atoms with Gasteiger partial charge in [-0.3, -0.25) is 4.79 Å². The standard InChI is InChI=1S/C24H19NO3/c1-16-7-9-22-18(11-16)14-25(15-27-22)19-8-10-23-20(12-19)21(26)13-24(28-23)17-5-3-2-4-6-17/h2-13H,14-15H2,1H3. The fourth-order valence-corrected chi connectivity index (χ4v) is 3.62. The Kier molecular flexibility index (Phi) is 3.90. The van der Waals surface area contributed by atoms with E-state index in [1.807, 2.05) is 54.6 Å². The molecule has 5 rings (SSSR count). The summed E-state index contributed by atoms with van der Waals surface area (Å²) in [6, 6.07) is 23.2. The van der Waals surface area contributed by atoms with Crippen LogP contribution in [-0.2, 0) is 6.54 Å². The number of hydrogen-bond donors (Lipinski definition) is 0. The highest BCUT2D eigenvalue weighted by Gasteiger charge is 2.18. The van der Waals surface area contributed by atoms with Gasteiger partial charge in [-0.1, -0.05) is 48.0 Å². The third-order valence-corrected chi connectivity index (χ3v) is 5.09. The van der Waals surface area contributed by atoms with Crippen molar-refractivity contribution in [3.8, 4) is 17.1 Å². The molecule has 28 heavy (non-hydrogen) atoms. The summed E-state index contributed by atoms with van der Waals surface area (Å²) in [7, 11) is 0. The van der Waals surface area contributed by atoms with Crippen molar-refractivity contribution in [2.24, 2.45) is 0 Å². The fraction of sp³-hybridized carbons (Fsp3) is 0.125. The molecule has 0 aliphatic carbocycles. The molecule has 0 radical (unpaired) electrons. The van der Waals surface area contributed by atoms with Crippen molar-refractivity contribution in [3.63, 3.8) is 0 Å². The van der Waals surface area contributed by atoms with Gasteiger partial charge in [-0.05, 0) is 31.2 Å². The van der Waals surface area contributed by atoms with Crippen LogP contribution in [0.2, 0.25) is 0 Å². The zero-order chi connectivity index (χ0) is 19.1. The highest BCUT2D eigenvalue weighted by molar-refractivity contribution is 5.82. The molecule has 2 heterocycles. The van der Waals surface area contributed by atoms with Crippen LogP contribution in [0.3, 0.4) is 0 Å². The van der Waals surface area contributed by atoms with E-state index in [9.17, 15) is 4.79 Å². The predicted octanol–water partition coefficient (Wildman–Crippen LogP) is 5.12. The minimum Gasteiger partial charge on any atom is -0.473 e. The fourth-order valence-electron chi connectivity index (χ4n) is 3.62. The third kappa shape index (κ3) is 2.93. The molecule has 0 N–H and O–H groups in total. The molecule has 4 nitrogen and oxygen atoms in total. The van der Waals surface area contributed by atoms with E-state index >= 15 is 0 Å². The third-order valence-electron chi connectivity index (χ3n) is 5.09. The number of fused-ring (bicyclic) bond motifs is 2. The Labute approximate surface area is 162 Å². The summed E-state index contributed by atoms with van der Waals surface area (Å²) in [6.45, 7) is 3.27. The average molecular weight is 369 g/mol. The monoisotopic (exact) mass is 369 g/mol. The van der Waals surface area contributed by atoms with Crippen molar-refractivity contribution >= 4 is 16.7 Å². The van der Waals surface area contributed by atoms with Gasteiger partial charge in [0.2, 0.25) is 0 Å². The quantitative estimate of drug-likeness (QED) is 0.492. The SMILES string of the molecule is Cc1ccc2c(c1)CN(c1ccc3oc(-c4ccccc4)cc(=O)c3c1)CO2. The lowest BCUT2D eigenvalue weighted by Crippen LogP contribution is -2.31. The van der Waals surface area contributed by atoms with Crippen LogP contribution in [0.4, 0.5) is 5.69 Å². The molecule has 3 aromatic carbocycles. The van der Waals surface area contributed by atoms with Crippen molar-refractivity contribution in [2.45, 2.75) is 13.5 Å². The second-order valence-corrected chi connectivity index (χ2v) is 7.10. The first-order valence-electron chi connectivity index (χ1n) is 9.28. The van der Waals surface area contributed by atoms with Crippen molar-refractivity contribution in [1.29, 1.82) is 0 Å². The molecule has 1 aliphatic heterocycles. The lowest BCUT2D eigenvalue weighted by molar-refractivity contribution is 0.289. The molecule has 0 unspecified atom stereocenters. The van der Waals surface area contributed by atoms with Crippen LogP contribution in [0.5, 0.6) is 5.75 Å². The van der Waals surface area contributed by atoms with Gasteiger partial charge in [0.15, 0.2) is 12.2 Å². The van der Waals surface area contributed by atoms with E-state index in [0.29, 0.717) is 23.5 Å². The second-order valence-electron chi connectivity index (χ2n) is 7.10. The van der Waals surface area contributed by atoms with Crippen LogP contribution < -0.4 is 15.1 Å². The second kappa shape index (κ2) is 6.57. The number of rotatable bonds is 2. The molecule has 0 amide bonds. The Morgan fingerprint density at radius 3 is 2.64 bits per heavy atom. The predicted molar refractivity (Wildman–Crippen MR) is 111 cm³/mol. The average Bonchev–Trinajstić information content (AvgIpc) is 2.73. The number of hydrogen-bond acceptors (Lipinski definition) is 4.